The Bertz CT molecular complexity index is 290. The van der Waals surface area contributed by atoms with Crippen molar-refractivity contribution in [2.45, 2.75) is 51.3 Å². The van der Waals surface area contributed by atoms with Gasteiger partial charge in [0.15, 0.2) is 0 Å². The average Bonchev–Trinajstić information content (AvgIpc) is 2.14. The highest BCUT2D eigenvalue weighted by Crippen LogP contribution is 2.36. The summed E-state index contributed by atoms with van der Waals surface area (Å²) in [5, 5.41) is 9.05. The lowest BCUT2D eigenvalue weighted by molar-refractivity contribution is -0.126. The van der Waals surface area contributed by atoms with Gasteiger partial charge in [-0.1, -0.05) is 13.8 Å². The predicted octanol–water partition coefficient (Wildman–Crippen LogP) is 4.11. The fraction of sp³-hybridized carbons (Fsp3) is 0.833. The van der Waals surface area contributed by atoms with Crippen LogP contribution in [0, 0.1) is 22.7 Å². The molecule has 0 saturated heterocycles. The Balaban J connectivity index is 4.66. The molecule has 2 unspecified atom stereocenters. The molecule has 0 aromatic rings. The third-order valence-corrected chi connectivity index (χ3v) is 3.42. The third-order valence-electron chi connectivity index (χ3n) is 3.11. The number of carbonyl (C=O) groups is 1. The summed E-state index contributed by atoms with van der Waals surface area (Å²) in [4.78, 5) is 11.5. The summed E-state index contributed by atoms with van der Waals surface area (Å²) in [5.41, 5.74) is -0.445. The van der Waals surface area contributed by atoms with Gasteiger partial charge in [0.1, 0.15) is 10.1 Å². The minimum Gasteiger partial charge on any atom is -0.299 e. The molecule has 2 atom stereocenters. The zero-order chi connectivity index (χ0) is 13.0. The molecule has 0 heterocycles. The van der Waals surface area contributed by atoms with Crippen LogP contribution in [0.4, 0.5) is 0 Å². The first-order valence-corrected chi connectivity index (χ1v) is 6.18. The molecule has 92 valence electrons. The van der Waals surface area contributed by atoms with E-state index in [1.807, 2.05) is 13.8 Å². The van der Waals surface area contributed by atoms with Crippen LogP contribution in [0.3, 0.4) is 0 Å². The van der Waals surface area contributed by atoms with Crippen molar-refractivity contribution in [3.05, 3.63) is 0 Å². The number of nitriles is 1. The second-order valence-electron chi connectivity index (χ2n) is 4.77. The van der Waals surface area contributed by atoms with Crippen molar-refractivity contribution in [2.75, 3.05) is 0 Å². The molecule has 0 aromatic heterocycles. The van der Waals surface area contributed by atoms with Gasteiger partial charge in [0.05, 0.1) is 12.0 Å². The summed E-state index contributed by atoms with van der Waals surface area (Å²) in [6.45, 7) is 7.08. The third kappa shape index (κ3) is 5.18. The van der Waals surface area contributed by atoms with E-state index in [2.05, 4.69) is 6.07 Å². The van der Waals surface area contributed by atoms with Crippen LogP contribution in [0.2, 0.25) is 0 Å². The normalized spacial score (nSPS) is 17.3. The van der Waals surface area contributed by atoms with Gasteiger partial charge in [-0.3, -0.25) is 4.79 Å². The molecular formula is C12H19Cl2NO. The largest absolute Gasteiger partial charge is 0.299 e. The average molecular weight is 264 g/mol. The summed E-state index contributed by atoms with van der Waals surface area (Å²) in [7, 11) is 0. The Labute approximate surface area is 108 Å². The van der Waals surface area contributed by atoms with Crippen LogP contribution >= 0.6 is 23.2 Å². The quantitative estimate of drug-likeness (QED) is 0.677. The molecule has 0 bridgehead atoms. The molecule has 0 aliphatic rings. The number of hydrogen-bond acceptors (Lipinski definition) is 2. The van der Waals surface area contributed by atoms with Gasteiger partial charge in [0, 0.05) is 5.41 Å². The first-order valence-electron chi connectivity index (χ1n) is 5.43. The Morgan fingerprint density at radius 3 is 2.12 bits per heavy atom. The fourth-order valence-corrected chi connectivity index (χ4v) is 2.05. The monoisotopic (exact) mass is 263 g/mol. The molecule has 0 amide bonds. The molecule has 2 nitrogen and oxygen atoms in total. The van der Waals surface area contributed by atoms with E-state index in [9.17, 15) is 4.79 Å². The fourth-order valence-electron chi connectivity index (χ4n) is 1.68. The summed E-state index contributed by atoms with van der Waals surface area (Å²) >= 11 is 11.8. The van der Waals surface area contributed by atoms with Crippen molar-refractivity contribution in [1.29, 1.82) is 5.26 Å². The van der Waals surface area contributed by atoms with Gasteiger partial charge in [-0.2, -0.15) is 5.26 Å². The van der Waals surface area contributed by atoms with Crippen molar-refractivity contribution in [2.24, 2.45) is 11.3 Å². The van der Waals surface area contributed by atoms with E-state index in [1.54, 1.807) is 13.8 Å². The standard InChI is InChI=1S/C12H19Cl2NO/c1-5-11(3,9(2)16)6-10(8-15)7-12(4,13)14/h10H,5-7H2,1-4H3. The number of carbonyl (C=O) groups excluding carboxylic acids is 1. The van der Waals surface area contributed by atoms with E-state index in [-0.39, 0.29) is 11.7 Å². The molecule has 0 rings (SSSR count). The molecule has 0 aromatic carbocycles. The zero-order valence-electron chi connectivity index (χ0n) is 10.3. The Morgan fingerprint density at radius 2 is 1.88 bits per heavy atom. The van der Waals surface area contributed by atoms with E-state index >= 15 is 0 Å². The molecule has 0 aliphatic carbocycles. The van der Waals surface area contributed by atoms with Gasteiger partial charge >= 0.3 is 0 Å². The predicted molar refractivity (Wildman–Crippen MR) is 67.5 cm³/mol. The van der Waals surface area contributed by atoms with Gasteiger partial charge in [0.25, 0.3) is 0 Å². The van der Waals surface area contributed by atoms with E-state index in [1.165, 1.54) is 0 Å². The number of rotatable bonds is 6. The van der Waals surface area contributed by atoms with Crippen LogP contribution in [0.1, 0.15) is 47.0 Å². The van der Waals surface area contributed by atoms with Crippen molar-refractivity contribution in [1.82, 2.24) is 0 Å². The topological polar surface area (TPSA) is 40.9 Å². The maximum atomic E-state index is 11.5. The molecule has 16 heavy (non-hydrogen) atoms. The summed E-state index contributed by atoms with van der Waals surface area (Å²) < 4.78 is -0.911. The van der Waals surface area contributed by atoms with Crippen molar-refractivity contribution < 1.29 is 4.79 Å². The smallest absolute Gasteiger partial charge is 0.135 e. The number of halogens is 2. The number of hydrogen-bond donors (Lipinski definition) is 0. The van der Waals surface area contributed by atoms with Gasteiger partial charge in [-0.25, -0.2) is 0 Å². The van der Waals surface area contributed by atoms with Gasteiger partial charge < -0.3 is 0 Å². The van der Waals surface area contributed by atoms with Crippen LogP contribution in [0.15, 0.2) is 0 Å². The molecule has 4 heteroatoms. The summed E-state index contributed by atoms with van der Waals surface area (Å²) in [5.74, 6) is -0.171. The Hall–Kier alpha value is -0.260. The molecule has 0 fully saturated rings. The van der Waals surface area contributed by atoms with E-state index in [0.717, 1.165) is 6.42 Å². The second kappa shape index (κ2) is 5.89. The summed E-state index contributed by atoms with van der Waals surface area (Å²) in [6.07, 6.45) is 1.63. The highest BCUT2D eigenvalue weighted by Gasteiger charge is 2.33. The SMILES string of the molecule is CCC(C)(CC(C#N)CC(C)(Cl)Cl)C(C)=O. The first kappa shape index (κ1) is 15.7. The Morgan fingerprint density at radius 1 is 1.38 bits per heavy atom. The van der Waals surface area contributed by atoms with Crippen LogP contribution in [-0.2, 0) is 4.79 Å². The first-order chi connectivity index (χ1) is 7.14. The van der Waals surface area contributed by atoms with Crippen molar-refractivity contribution in [3.63, 3.8) is 0 Å². The van der Waals surface area contributed by atoms with Crippen molar-refractivity contribution in [3.8, 4) is 6.07 Å². The maximum Gasteiger partial charge on any atom is 0.135 e. The highest BCUT2D eigenvalue weighted by molar-refractivity contribution is 6.48. The minimum absolute atomic E-state index is 0.112. The zero-order valence-corrected chi connectivity index (χ0v) is 11.8. The molecular weight excluding hydrogens is 245 g/mol. The van der Waals surface area contributed by atoms with Gasteiger partial charge in [-0.15, -0.1) is 23.2 Å². The van der Waals surface area contributed by atoms with Crippen LogP contribution in [0.25, 0.3) is 0 Å². The number of nitrogens with zero attached hydrogens (tertiary/aromatic N) is 1. The second-order valence-corrected chi connectivity index (χ2v) is 6.64. The minimum atomic E-state index is -0.911. The van der Waals surface area contributed by atoms with Crippen LogP contribution in [-0.4, -0.2) is 10.1 Å². The van der Waals surface area contributed by atoms with E-state index < -0.39 is 9.75 Å². The molecule has 0 N–H and O–H groups in total. The van der Waals surface area contributed by atoms with Gasteiger partial charge in [0.2, 0.25) is 0 Å². The lowest BCUT2D eigenvalue weighted by Crippen LogP contribution is -2.29. The lowest BCUT2D eigenvalue weighted by atomic mass is 9.75. The number of Topliss-reactive ketones (excluding diaryl/α,β-unsaturated/α-hetero) is 1. The van der Waals surface area contributed by atoms with Crippen LogP contribution < -0.4 is 0 Å². The molecule has 0 saturated carbocycles. The maximum absolute atomic E-state index is 11.5. The molecule has 0 radical (unpaired) electrons. The van der Waals surface area contributed by atoms with Crippen LogP contribution in [0.5, 0.6) is 0 Å². The number of alkyl halides is 2. The van der Waals surface area contributed by atoms with Gasteiger partial charge in [-0.05, 0) is 33.1 Å². The highest BCUT2D eigenvalue weighted by atomic mass is 35.5. The van der Waals surface area contributed by atoms with E-state index in [4.69, 9.17) is 28.5 Å². The lowest BCUT2D eigenvalue weighted by Gasteiger charge is -2.28. The van der Waals surface area contributed by atoms with Crippen molar-refractivity contribution >= 4 is 29.0 Å². The molecule has 0 spiro atoms. The number of ketones is 1. The van der Waals surface area contributed by atoms with E-state index in [0.29, 0.717) is 12.8 Å². The molecule has 0 aliphatic heterocycles. The summed E-state index contributed by atoms with van der Waals surface area (Å²) in [6, 6.07) is 2.18. The Kier molecular flexibility index (Phi) is 5.79.